The van der Waals surface area contributed by atoms with Crippen molar-refractivity contribution in [2.75, 3.05) is 6.54 Å². The fourth-order valence-corrected chi connectivity index (χ4v) is 2.24. The summed E-state index contributed by atoms with van der Waals surface area (Å²) in [4.78, 5) is 24.7. The summed E-state index contributed by atoms with van der Waals surface area (Å²) < 4.78 is 5.60. The summed E-state index contributed by atoms with van der Waals surface area (Å²) in [5.74, 6) is -0.437. The summed E-state index contributed by atoms with van der Waals surface area (Å²) in [5.41, 5.74) is 5.16. The van der Waals surface area contributed by atoms with Crippen molar-refractivity contribution in [2.24, 2.45) is 11.7 Å². The molecule has 0 spiro atoms. The molecule has 0 aliphatic carbocycles. The number of nitrogens with zero attached hydrogens (tertiary/aromatic N) is 1. The van der Waals surface area contributed by atoms with Crippen molar-refractivity contribution in [1.82, 2.24) is 4.90 Å². The van der Waals surface area contributed by atoms with Crippen molar-refractivity contribution < 1.29 is 14.3 Å². The number of primary amides is 1. The van der Waals surface area contributed by atoms with Crippen LogP contribution in [0.4, 0.5) is 0 Å². The van der Waals surface area contributed by atoms with Gasteiger partial charge in [-0.05, 0) is 33.1 Å². The normalized spacial score (nSPS) is 28.4. The van der Waals surface area contributed by atoms with E-state index < -0.39 is 12.0 Å². The number of carbonyl (C=O) groups excluding carboxylic acids is 2. The predicted octanol–water partition coefficient (Wildman–Crippen LogP) is 0.522. The lowest BCUT2D eigenvalue weighted by molar-refractivity contribution is -0.148. The molecule has 1 heterocycles. The van der Waals surface area contributed by atoms with Gasteiger partial charge in [0.15, 0.2) is 0 Å². The highest BCUT2D eigenvalue weighted by molar-refractivity contribution is 5.87. The molecule has 1 fully saturated rings. The third-order valence-electron chi connectivity index (χ3n) is 3.08. The molecule has 1 aliphatic heterocycles. The second kappa shape index (κ2) is 5.49. The monoisotopic (exact) mass is 242 g/mol. The van der Waals surface area contributed by atoms with Crippen LogP contribution in [-0.2, 0) is 14.3 Å². The molecule has 1 saturated heterocycles. The van der Waals surface area contributed by atoms with Crippen molar-refractivity contribution >= 4 is 11.8 Å². The van der Waals surface area contributed by atoms with E-state index in [-0.39, 0.29) is 30.5 Å². The SMILES string of the molecule is CC1CC(C)C(C(=O)N(CC(N)=O)C(C)C)O1. The van der Waals surface area contributed by atoms with Crippen LogP contribution < -0.4 is 5.73 Å². The summed E-state index contributed by atoms with van der Waals surface area (Å²) in [6, 6.07) is -0.0540. The van der Waals surface area contributed by atoms with Crippen molar-refractivity contribution in [3.63, 3.8) is 0 Å². The summed E-state index contributed by atoms with van der Waals surface area (Å²) >= 11 is 0. The first kappa shape index (κ1) is 14.0. The molecule has 17 heavy (non-hydrogen) atoms. The molecule has 3 unspecified atom stereocenters. The van der Waals surface area contributed by atoms with Crippen molar-refractivity contribution in [2.45, 2.75) is 52.4 Å². The van der Waals surface area contributed by atoms with Gasteiger partial charge in [-0.1, -0.05) is 6.92 Å². The average molecular weight is 242 g/mol. The van der Waals surface area contributed by atoms with Gasteiger partial charge in [-0.25, -0.2) is 0 Å². The van der Waals surface area contributed by atoms with E-state index >= 15 is 0 Å². The Balaban J connectivity index is 2.74. The number of rotatable bonds is 4. The second-order valence-electron chi connectivity index (χ2n) is 5.11. The Morgan fingerprint density at radius 2 is 2.00 bits per heavy atom. The summed E-state index contributed by atoms with van der Waals surface area (Å²) in [6.45, 7) is 7.64. The number of carbonyl (C=O) groups is 2. The summed E-state index contributed by atoms with van der Waals surface area (Å²) in [5, 5.41) is 0. The Hall–Kier alpha value is -1.10. The molecule has 98 valence electrons. The van der Waals surface area contributed by atoms with Crippen LogP contribution in [0.3, 0.4) is 0 Å². The van der Waals surface area contributed by atoms with Crippen molar-refractivity contribution in [3.05, 3.63) is 0 Å². The second-order valence-corrected chi connectivity index (χ2v) is 5.11. The van der Waals surface area contributed by atoms with Gasteiger partial charge in [-0.2, -0.15) is 0 Å². The standard InChI is InChI=1S/C12H22N2O3/c1-7(2)14(6-10(13)15)12(16)11-8(3)5-9(4)17-11/h7-9,11H,5-6H2,1-4H3,(H2,13,15). The van der Waals surface area contributed by atoms with Gasteiger partial charge in [0, 0.05) is 6.04 Å². The van der Waals surface area contributed by atoms with Crippen LogP contribution in [0.2, 0.25) is 0 Å². The van der Waals surface area contributed by atoms with Gasteiger partial charge in [0.2, 0.25) is 5.91 Å². The summed E-state index contributed by atoms with van der Waals surface area (Å²) in [7, 11) is 0. The first-order chi connectivity index (χ1) is 7.82. The molecule has 0 aromatic rings. The summed E-state index contributed by atoms with van der Waals surface area (Å²) in [6.07, 6.45) is 0.534. The van der Waals surface area contributed by atoms with E-state index in [2.05, 4.69) is 0 Å². The number of amides is 2. The van der Waals surface area contributed by atoms with Crippen molar-refractivity contribution in [3.8, 4) is 0 Å². The van der Waals surface area contributed by atoms with E-state index in [0.29, 0.717) is 0 Å². The lowest BCUT2D eigenvalue weighted by Crippen LogP contribution is -2.48. The molecular weight excluding hydrogens is 220 g/mol. The fraction of sp³-hybridized carbons (Fsp3) is 0.833. The molecule has 1 aliphatic rings. The molecule has 1 rings (SSSR count). The molecule has 0 aromatic heterocycles. The van der Waals surface area contributed by atoms with Gasteiger partial charge in [-0.15, -0.1) is 0 Å². The molecule has 5 heteroatoms. The zero-order valence-electron chi connectivity index (χ0n) is 11.0. The van der Waals surface area contributed by atoms with Crippen molar-refractivity contribution in [1.29, 1.82) is 0 Å². The maximum atomic E-state index is 12.3. The van der Waals surface area contributed by atoms with Gasteiger partial charge >= 0.3 is 0 Å². The van der Waals surface area contributed by atoms with E-state index in [1.54, 1.807) is 0 Å². The van der Waals surface area contributed by atoms with E-state index in [9.17, 15) is 9.59 Å². The highest BCUT2D eigenvalue weighted by atomic mass is 16.5. The minimum atomic E-state index is -0.495. The van der Waals surface area contributed by atoms with Crippen LogP contribution in [0.1, 0.15) is 34.1 Å². The molecule has 0 saturated carbocycles. The molecule has 0 bridgehead atoms. The zero-order valence-corrected chi connectivity index (χ0v) is 11.0. The first-order valence-electron chi connectivity index (χ1n) is 6.07. The molecular formula is C12H22N2O3. The molecule has 2 N–H and O–H groups in total. The lowest BCUT2D eigenvalue weighted by Gasteiger charge is -2.29. The van der Waals surface area contributed by atoms with Crippen LogP contribution in [0.25, 0.3) is 0 Å². The Morgan fingerprint density at radius 1 is 1.41 bits per heavy atom. The third-order valence-corrected chi connectivity index (χ3v) is 3.08. The smallest absolute Gasteiger partial charge is 0.252 e. The number of nitrogens with two attached hydrogens (primary N) is 1. The maximum Gasteiger partial charge on any atom is 0.252 e. The highest BCUT2D eigenvalue weighted by Crippen LogP contribution is 2.27. The Labute approximate surface area is 102 Å². The van der Waals surface area contributed by atoms with Gasteiger partial charge in [0.05, 0.1) is 12.6 Å². The Kier molecular flexibility index (Phi) is 4.51. The van der Waals surface area contributed by atoms with E-state index in [4.69, 9.17) is 10.5 Å². The van der Waals surface area contributed by atoms with E-state index in [0.717, 1.165) is 6.42 Å². The minimum Gasteiger partial charge on any atom is -0.368 e. The van der Waals surface area contributed by atoms with Gasteiger partial charge in [0.25, 0.3) is 5.91 Å². The average Bonchev–Trinajstić information content (AvgIpc) is 2.52. The van der Waals surface area contributed by atoms with Crippen LogP contribution in [0.5, 0.6) is 0 Å². The zero-order chi connectivity index (χ0) is 13.2. The number of hydrogen-bond donors (Lipinski definition) is 1. The first-order valence-corrected chi connectivity index (χ1v) is 6.07. The fourth-order valence-electron chi connectivity index (χ4n) is 2.24. The molecule has 3 atom stereocenters. The highest BCUT2D eigenvalue weighted by Gasteiger charge is 2.38. The lowest BCUT2D eigenvalue weighted by atomic mass is 10.0. The molecule has 2 amide bonds. The van der Waals surface area contributed by atoms with Gasteiger partial charge < -0.3 is 15.4 Å². The number of ether oxygens (including phenoxy) is 1. The van der Waals surface area contributed by atoms with Crippen LogP contribution >= 0.6 is 0 Å². The molecule has 0 aromatic carbocycles. The third kappa shape index (κ3) is 3.43. The van der Waals surface area contributed by atoms with Crippen LogP contribution in [-0.4, -0.2) is 41.5 Å². The number of hydrogen-bond acceptors (Lipinski definition) is 3. The van der Waals surface area contributed by atoms with Gasteiger partial charge in [0.1, 0.15) is 6.10 Å². The molecule has 0 radical (unpaired) electrons. The largest absolute Gasteiger partial charge is 0.368 e. The maximum absolute atomic E-state index is 12.3. The van der Waals surface area contributed by atoms with E-state index in [1.807, 2.05) is 27.7 Å². The van der Waals surface area contributed by atoms with Crippen LogP contribution in [0, 0.1) is 5.92 Å². The van der Waals surface area contributed by atoms with E-state index in [1.165, 1.54) is 4.90 Å². The topological polar surface area (TPSA) is 72.6 Å². The molecule has 5 nitrogen and oxygen atoms in total. The van der Waals surface area contributed by atoms with Gasteiger partial charge in [-0.3, -0.25) is 9.59 Å². The minimum absolute atomic E-state index is 0.0442. The quantitative estimate of drug-likeness (QED) is 0.781. The van der Waals surface area contributed by atoms with Crippen LogP contribution in [0.15, 0.2) is 0 Å². The predicted molar refractivity (Wildman–Crippen MR) is 64.2 cm³/mol. The Morgan fingerprint density at radius 3 is 2.35 bits per heavy atom. The Bertz CT molecular complexity index is 304.